The Kier molecular flexibility index (Phi) is 4.81. The number of alkyl halides is 2. The molecule has 2 aromatic rings. The number of carbonyl (C=O) groups excluding carboxylic acids is 1. The summed E-state index contributed by atoms with van der Waals surface area (Å²) in [4.78, 5) is 12.2. The zero-order valence-corrected chi connectivity index (χ0v) is 15.6. The Bertz CT molecular complexity index is 868. The van der Waals surface area contributed by atoms with Crippen molar-refractivity contribution in [1.29, 1.82) is 0 Å². The minimum Gasteiger partial charge on any atom is -0.449 e. The number of anilines is 1. The van der Waals surface area contributed by atoms with Crippen molar-refractivity contribution in [2.45, 2.75) is 43.9 Å². The zero-order chi connectivity index (χ0) is 19.9. The van der Waals surface area contributed by atoms with E-state index in [2.05, 4.69) is 10.4 Å². The van der Waals surface area contributed by atoms with Gasteiger partial charge in [-0.3, -0.25) is 10.00 Å². The second kappa shape index (κ2) is 7.14. The summed E-state index contributed by atoms with van der Waals surface area (Å²) >= 11 is 0. The van der Waals surface area contributed by atoms with Crippen LogP contribution in [0.3, 0.4) is 0 Å². The second-order valence-corrected chi connectivity index (χ2v) is 7.72. The average Bonchev–Trinajstić information content (AvgIpc) is 2.87. The van der Waals surface area contributed by atoms with Crippen LogP contribution in [0.2, 0.25) is 0 Å². The maximum Gasteiger partial charge on any atom is 0.412 e. The molecular formula is C20H22F3N3O2. The summed E-state index contributed by atoms with van der Waals surface area (Å²) in [7, 11) is 1.72. The Balaban J connectivity index is 1.51. The number of nitrogens with one attached hydrogen (secondary N) is 1. The van der Waals surface area contributed by atoms with Gasteiger partial charge in [0.25, 0.3) is 0 Å². The molecule has 1 aromatic heterocycles. The summed E-state index contributed by atoms with van der Waals surface area (Å²) in [5.41, 5.74) is 2.39. The van der Waals surface area contributed by atoms with Crippen LogP contribution in [-0.4, -0.2) is 28.4 Å². The zero-order valence-electron chi connectivity index (χ0n) is 15.6. The fourth-order valence-corrected chi connectivity index (χ4v) is 3.82. The maximum atomic E-state index is 13.3. The molecule has 0 spiro atoms. The number of hydrogen-bond donors (Lipinski definition) is 1. The normalized spacial score (nSPS) is 19.0. The monoisotopic (exact) mass is 393 g/mol. The van der Waals surface area contributed by atoms with Gasteiger partial charge in [0.15, 0.2) is 0 Å². The number of rotatable bonds is 5. The number of amides is 1. The van der Waals surface area contributed by atoms with Crippen LogP contribution in [0.5, 0.6) is 0 Å². The van der Waals surface area contributed by atoms with E-state index in [1.807, 2.05) is 0 Å². The van der Waals surface area contributed by atoms with Gasteiger partial charge in [0.05, 0.1) is 12.3 Å². The third kappa shape index (κ3) is 3.72. The van der Waals surface area contributed by atoms with E-state index in [0.717, 1.165) is 30.4 Å². The molecule has 2 aliphatic rings. The van der Waals surface area contributed by atoms with Gasteiger partial charge in [-0.1, -0.05) is 6.42 Å². The highest BCUT2D eigenvalue weighted by atomic mass is 19.3. The molecule has 1 aromatic carbocycles. The summed E-state index contributed by atoms with van der Waals surface area (Å²) in [5, 5.41) is 7.26. The molecule has 0 aliphatic heterocycles. The summed E-state index contributed by atoms with van der Waals surface area (Å²) < 4.78 is 45.8. The summed E-state index contributed by atoms with van der Waals surface area (Å²) in [6, 6.07) is 6.09. The van der Waals surface area contributed by atoms with Crippen LogP contribution in [0.4, 0.5) is 23.8 Å². The molecular weight excluding hydrogens is 371 g/mol. The second-order valence-electron chi connectivity index (χ2n) is 7.72. The molecule has 0 atom stereocenters. The Labute approximate surface area is 160 Å². The van der Waals surface area contributed by atoms with E-state index < -0.39 is 12.0 Å². The van der Waals surface area contributed by atoms with Crippen molar-refractivity contribution in [3.63, 3.8) is 0 Å². The number of carbonyl (C=O) groups is 1. The Hall–Kier alpha value is -2.51. The van der Waals surface area contributed by atoms with Crippen molar-refractivity contribution in [3.8, 4) is 11.3 Å². The molecule has 150 valence electrons. The summed E-state index contributed by atoms with van der Waals surface area (Å²) in [6.45, 7) is -0.0249. The van der Waals surface area contributed by atoms with Crippen molar-refractivity contribution in [2.24, 2.45) is 13.0 Å². The van der Waals surface area contributed by atoms with Crippen molar-refractivity contribution < 1.29 is 22.7 Å². The summed E-state index contributed by atoms with van der Waals surface area (Å²) in [5.74, 6) is -2.46. The number of aryl methyl sites for hydroxylation is 1. The fraction of sp³-hybridized carbons (Fsp3) is 0.500. The Morgan fingerprint density at radius 1 is 1.29 bits per heavy atom. The lowest BCUT2D eigenvalue weighted by molar-refractivity contribution is -0.121. The van der Waals surface area contributed by atoms with Gasteiger partial charge in [0.1, 0.15) is 11.6 Å². The van der Waals surface area contributed by atoms with E-state index in [1.165, 1.54) is 12.1 Å². The molecule has 2 saturated carbocycles. The average molecular weight is 393 g/mol. The molecule has 5 nitrogen and oxygen atoms in total. The lowest BCUT2D eigenvalue weighted by Gasteiger charge is -2.34. The fourth-order valence-electron chi connectivity index (χ4n) is 3.82. The molecule has 1 heterocycles. The van der Waals surface area contributed by atoms with Gasteiger partial charge in [-0.2, -0.15) is 5.10 Å². The molecule has 4 rings (SSSR count). The molecule has 8 heteroatoms. The molecule has 0 radical (unpaired) electrons. The van der Waals surface area contributed by atoms with Crippen LogP contribution in [0, 0.1) is 11.7 Å². The first-order chi connectivity index (χ1) is 13.3. The quantitative estimate of drug-likeness (QED) is 0.770. The van der Waals surface area contributed by atoms with E-state index in [1.54, 1.807) is 23.9 Å². The van der Waals surface area contributed by atoms with Gasteiger partial charge in [-0.25, -0.2) is 18.0 Å². The molecule has 28 heavy (non-hydrogen) atoms. The topological polar surface area (TPSA) is 56.2 Å². The lowest BCUT2D eigenvalue weighted by atomic mass is 9.79. The Morgan fingerprint density at radius 3 is 2.54 bits per heavy atom. The van der Waals surface area contributed by atoms with E-state index in [4.69, 9.17) is 4.74 Å². The standard InChI is InChI=1S/C20H22F3N3O2/c1-26-18(24-19(27)28-11-12-9-20(22,23)10-12)16(13-3-2-4-13)17(25-26)14-5-7-15(21)8-6-14/h5-8,12-13H,2-4,9-11H2,1H3,(H,24,27). The molecule has 2 aliphatic carbocycles. The largest absolute Gasteiger partial charge is 0.449 e. The third-order valence-corrected chi connectivity index (χ3v) is 5.56. The smallest absolute Gasteiger partial charge is 0.412 e. The number of benzene rings is 1. The number of hydrogen-bond acceptors (Lipinski definition) is 3. The molecule has 0 saturated heterocycles. The first kappa shape index (κ1) is 18.8. The number of halogens is 3. The molecule has 0 bridgehead atoms. The maximum absolute atomic E-state index is 13.3. The highest BCUT2D eigenvalue weighted by Gasteiger charge is 2.45. The summed E-state index contributed by atoms with van der Waals surface area (Å²) in [6.07, 6.45) is 1.91. The van der Waals surface area contributed by atoms with Crippen LogP contribution in [0.25, 0.3) is 11.3 Å². The van der Waals surface area contributed by atoms with E-state index in [0.29, 0.717) is 11.5 Å². The molecule has 2 fully saturated rings. The van der Waals surface area contributed by atoms with Gasteiger partial charge in [0.2, 0.25) is 5.92 Å². The SMILES string of the molecule is Cn1nc(-c2ccc(F)cc2)c(C2CCC2)c1NC(=O)OCC1CC(F)(F)C1. The predicted molar refractivity (Wildman–Crippen MR) is 97.8 cm³/mol. The van der Waals surface area contributed by atoms with E-state index in [9.17, 15) is 18.0 Å². The van der Waals surface area contributed by atoms with Gasteiger partial charge in [-0.15, -0.1) is 0 Å². The number of ether oxygens (including phenoxy) is 1. The molecule has 1 N–H and O–H groups in total. The van der Waals surface area contributed by atoms with Crippen LogP contribution in [-0.2, 0) is 11.8 Å². The van der Waals surface area contributed by atoms with Crippen molar-refractivity contribution in [2.75, 3.05) is 11.9 Å². The van der Waals surface area contributed by atoms with Crippen LogP contribution >= 0.6 is 0 Å². The van der Waals surface area contributed by atoms with Crippen molar-refractivity contribution >= 4 is 11.9 Å². The first-order valence-electron chi connectivity index (χ1n) is 9.47. The van der Waals surface area contributed by atoms with E-state index in [-0.39, 0.29) is 37.1 Å². The predicted octanol–water partition coefficient (Wildman–Crippen LogP) is 5.09. The highest BCUT2D eigenvalue weighted by Crippen LogP contribution is 2.45. The minimum atomic E-state index is -2.63. The third-order valence-electron chi connectivity index (χ3n) is 5.56. The van der Waals surface area contributed by atoms with Gasteiger partial charge in [0, 0.05) is 36.9 Å². The lowest BCUT2D eigenvalue weighted by Crippen LogP contribution is -2.38. The highest BCUT2D eigenvalue weighted by molar-refractivity contribution is 5.86. The van der Waals surface area contributed by atoms with Crippen LogP contribution in [0.15, 0.2) is 24.3 Å². The first-order valence-corrected chi connectivity index (χ1v) is 9.47. The molecule has 1 amide bonds. The van der Waals surface area contributed by atoms with Gasteiger partial charge < -0.3 is 4.74 Å². The number of nitrogens with zero attached hydrogens (tertiary/aromatic N) is 2. The van der Waals surface area contributed by atoms with Crippen LogP contribution < -0.4 is 5.32 Å². The van der Waals surface area contributed by atoms with Crippen molar-refractivity contribution in [3.05, 3.63) is 35.6 Å². The van der Waals surface area contributed by atoms with Gasteiger partial charge >= 0.3 is 6.09 Å². The van der Waals surface area contributed by atoms with E-state index >= 15 is 0 Å². The minimum absolute atomic E-state index is 0.0249. The van der Waals surface area contributed by atoms with Crippen LogP contribution in [0.1, 0.15) is 43.6 Å². The van der Waals surface area contributed by atoms with Crippen molar-refractivity contribution in [1.82, 2.24) is 9.78 Å². The molecule has 0 unspecified atom stereocenters. The Morgan fingerprint density at radius 2 is 1.96 bits per heavy atom. The number of aromatic nitrogens is 2. The van der Waals surface area contributed by atoms with Gasteiger partial charge in [-0.05, 0) is 43.0 Å².